The summed E-state index contributed by atoms with van der Waals surface area (Å²) in [6, 6.07) is 3.02. The van der Waals surface area contributed by atoms with Crippen molar-refractivity contribution in [3.63, 3.8) is 0 Å². The summed E-state index contributed by atoms with van der Waals surface area (Å²) < 4.78 is 28.4. The van der Waals surface area contributed by atoms with Crippen LogP contribution in [-0.2, 0) is 6.42 Å². The molecule has 0 aromatic heterocycles. The van der Waals surface area contributed by atoms with E-state index in [2.05, 4.69) is 6.92 Å². The van der Waals surface area contributed by atoms with Crippen LogP contribution in [-0.4, -0.2) is 11.7 Å². The summed E-state index contributed by atoms with van der Waals surface area (Å²) in [5.41, 5.74) is 0.836. The normalized spacial score (nSPS) is 29.0. The molecule has 3 rings (SSSR count). The zero-order valence-corrected chi connectivity index (χ0v) is 16.9. The summed E-state index contributed by atoms with van der Waals surface area (Å²) >= 11 is 0. The highest BCUT2D eigenvalue weighted by Gasteiger charge is 2.31. The fourth-order valence-electron chi connectivity index (χ4n) is 5.57. The molecule has 2 aliphatic carbocycles. The molecule has 0 atom stereocenters. The molecule has 0 bridgehead atoms. The maximum atomic E-state index is 14.2. The second kappa shape index (κ2) is 10.0. The first kappa shape index (κ1) is 20.8. The third-order valence-electron chi connectivity index (χ3n) is 7.29. The van der Waals surface area contributed by atoms with Gasteiger partial charge in [-0.1, -0.05) is 39.0 Å². The average molecular weight is 379 g/mol. The molecule has 0 unspecified atom stereocenters. The molecule has 152 valence electrons. The summed E-state index contributed by atoms with van der Waals surface area (Å²) in [5.74, 6) is 1.95. The lowest BCUT2D eigenvalue weighted by atomic mass is 9.68. The van der Waals surface area contributed by atoms with E-state index >= 15 is 0 Å². The van der Waals surface area contributed by atoms with Crippen LogP contribution >= 0.6 is 0 Å². The Morgan fingerprint density at radius 1 is 0.889 bits per heavy atom. The van der Waals surface area contributed by atoms with Gasteiger partial charge >= 0.3 is 0 Å². The monoisotopic (exact) mass is 378 g/mol. The van der Waals surface area contributed by atoms with Crippen molar-refractivity contribution in [1.82, 2.24) is 0 Å². The number of halogens is 2. The predicted molar refractivity (Wildman–Crippen MR) is 107 cm³/mol. The summed E-state index contributed by atoms with van der Waals surface area (Å²) in [6.45, 7) is 2.06. The van der Waals surface area contributed by atoms with E-state index in [1.165, 1.54) is 69.9 Å². The number of rotatable bonds is 7. The third kappa shape index (κ3) is 5.31. The zero-order valence-electron chi connectivity index (χ0n) is 16.9. The van der Waals surface area contributed by atoms with Gasteiger partial charge in [0.05, 0.1) is 0 Å². The Morgan fingerprint density at radius 3 is 1.96 bits per heavy atom. The number of hydrogen-bond acceptors (Lipinski definition) is 1. The SMILES string of the molecule is CCCCC1CCC(C2CCC(c3cc(F)c(CCO)c(F)c3)CC2)CC1. The van der Waals surface area contributed by atoms with Crippen molar-refractivity contribution >= 4 is 0 Å². The molecule has 2 saturated carbocycles. The molecule has 0 amide bonds. The molecule has 0 radical (unpaired) electrons. The van der Waals surface area contributed by atoms with Crippen molar-refractivity contribution in [2.45, 2.75) is 89.9 Å². The molecule has 2 fully saturated rings. The van der Waals surface area contributed by atoms with Gasteiger partial charge in [-0.25, -0.2) is 8.78 Å². The van der Waals surface area contributed by atoms with E-state index in [0.29, 0.717) is 0 Å². The summed E-state index contributed by atoms with van der Waals surface area (Å²) in [6.07, 6.45) is 14.3. The van der Waals surface area contributed by atoms with Crippen LogP contribution in [0, 0.1) is 29.4 Å². The number of hydrogen-bond donors (Lipinski definition) is 1. The molecule has 27 heavy (non-hydrogen) atoms. The predicted octanol–water partition coefficient (Wildman–Crippen LogP) is 6.77. The summed E-state index contributed by atoms with van der Waals surface area (Å²) in [7, 11) is 0. The van der Waals surface area contributed by atoms with Crippen LogP contribution in [0.5, 0.6) is 0 Å². The van der Waals surface area contributed by atoms with Crippen molar-refractivity contribution in [2.24, 2.45) is 17.8 Å². The Balaban J connectivity index is 1.51. The van der Waals surface area contributed by atoms with Gasteiger partial charge in [0, 0.05) is 18.6 Å². The first-order valence-electron chi connectivity index (χ1n) is 11.2. The second-order valence-corrected chi connectivity index (χ2v) is 8.97. The van der Waals surface area contributed by atoms with E-state index in [4.69, 9.17) is 5.11 Å². The minimum Gasteiger partial charge on any atom is -0.396 e. The van der Waals surface area contributed by atoms with Crippen molar-refractivity contribution in [2.75, 3.05) is 6.61 Å². The van der Waals surface area contributed by atoms with Crippen molar-refractivity contribution in [3.8, 4) is 0 Å². The molecule has 3 heteroatoms. The Bertz CT molecular complexity index is 561. The van der Waals surface area contributed by atoms with E-state index in [-0.39, 0.29) is 24.5 Å². The molecule has 0 saturated heterocycles. The van der Waals surface area contributed by atoms with Crippen molar-refractivity contribution < 1.29 is 13.9 Å². The minimum absolute atomic E-state index is 0.0229. The van der Waals surface area contributed by atoms with Gasteiger partial charge in [-0.2, -0.15) is 0 Å². The van der Waals surface area contributed by atoms with Gasteiger partial charge in [0.2, 0.25) is 0 Å². The van der Waals surface area contributed by atoms with E-state index in [1.54, 1.807) is 0 Å². The molecule has 1 nitrogen and oxygen atoms in total. The van der Waals surface area contributed by atoms with Crippen LogP contribution in [0.1, 0.15) is 94.6 Å². The van der Waals surface area contributed by atoms with Gasteiger partial charge in [0.25, 0.3) is 0 Å². The van der Waals surface area contributed by atoms with Gasteiger partial charge < -0.3 is 5.11 Å². The largest absolute Gasteiger partial charge is 0.396 e. The lowest BCUT2D eigenvalue weighted by molar-refractivity contribution is 0.156. The molecule has 0 aliphatic heterocycles. The quantitative estimate of drug-likeness (QED) is 0.555. The third-order valence-corrected chi connectivity index (χ3v) is 7.29. The fourth-order valence-corrected chi connectivity index (χ4v) is 5.57. The van der Waals surface area contributed by atoms with Crippen LogP contribution < -0.4 is 0 Å². The van der Waals surface area contributed by atoms with Crippen molar-refractivity contribution in [1.29, 1.82) is 0 Å². The fraction of sp³-hybridized carbons (Fsp3) is 0.750. The molecule has 0 spiro atoms. The maximum absolute atomic E-state index is 14.2. The number of unbranched alkanes of at least 4 members (excludes halogenated alkanes) is 1. The molecule has 0 heterocycles. The Hall–Kier alpha value is -0.960. The average Bonchev–Trinajstić information content (AvgIpc) is 2.69. The van der Waals surface area contributed by atoms with Gasteiger partial charge in [0.15, 0.2) is 0 Å². The standard InChI is InChI=1S/C24H36F2O/c1-2-3-4-17-5-7-18(8-6-17)19-9-11-20(12-10-19)21-15-23(25)22(13-14-27)24(26)16-21/h15-20,27H,2-14H2,1H3. The molecule has 2 aliphatic rings. The minimum atomic E-state index is -0.494. The highest BCUT2D eigenvalue weighted by atomic mass is 19.1. The Morgan fingerprint density at radius 2 is 1.44 bits per heavy atom. The van der Waals surface area contributed by atoms with E-state index < -0.39 is 11.6 Å². The van der Waals surface area contributed by atoms with Crippen LogP contribution in [0.25, 0.3) is 0 Å². The first-order valence-corrected chi connectivity index (χ1v) is 11.2. The second-order valence-electron chi connectivity index (χ2n) is 8.97. The van der Waals surface area contributed by atoms with Crippen molar-refractivity contribution in [3.05, 3.63) is 34.9 Å². The number of aliphatic hydroxyl groups excluding tert-OH is 1. The van der Waals surface area contributed by atoms with Crippen LogP contribution in [0.15, 0.2) is 12.1 Å². The highest BCUT2D eigenvalue weighted by Crippen LogP contribution is 2.44. The number of benzene rings is 1. The molecule has 1 N–H and O–H groups in total. The Labute approximate surface area is 163 Å². The van der Waals surface area contributed by atoms with Gasteiger partial charge in [-0.05, 0) is 79.9 Å². The highest BCUT2D eigenvalue weighted by molar-refractivity contribution is 5.29. The van der Waals surface area contributed by atoms with Crippen LogP contribution in [0.3, 0.4) is 0 Å². The number of aliphatic hydroxyl groups is 1. The van der Waals surface area contributed by atoms with Crippen LogP contribution in [0.2, 0.25) is 0 Å². The van der Waals surface area contributed by atoms with Gasteiger partial charge in [-0.3, -0.25) is 0 Å². The molecule has 1 aromatic rings. The molecule has 1 aromatic carbocycles. The first-order chi connectivity index (χ1) is 13.1. The van der Waals surface area contributed by atoms with Gasteiger partial charge in [-0.15, -0.1) is 0 Å². The summed E-state index contributed by atoms with van der Waals surface area (Å²) in [4.78, 5) is 0. The van der Waals surface area contributed by atoms with Gasteiger partial charge in [0.1, 0.15) is 11.6 Å². The topological polar surface area (TPSA) is 20.2 Å². The lowest BCUT2D eigenvalue weighted by Crippen LogP contribution is -2.25. The zero-order chi connectivity index (χ0) is 19.2. The molecular formula is C24H36F2O. The van der Waals surface area contributed by atoms with E-state index in [1.807, 2.05) is 0 Å². The maximum Gasteiger partial charge on any atom is 0.129 e. The van der Waals surface area contributed by atoms with Crippen LogP contribution in [0.4, 0.5) is 8.78 Å². The smallest absolute Gasteiger partial charge is 0.129 e. The van der Waals surface area contributed by atoms with E-state index in [0.717, 1.165) is 36.2 Å². The summed E-state index contributed by atoms with van der Waals surface area (Å²) in [5, 5.41) is 8.97. The molecular weight excluding hydrogens is 342 g/mol. The lowest BCUT2D eigenvalue weighted by Gasteiger charge is -2.38. The van der Waals surface area contributed by atoms with E-state index in [9.17, 15) is 8.78 Å². The Kier molecular flexibility index (Phi) is 7.69.